The molecule has 1 aromatic heterocycles. The molecule has 12 heavy (non-hydrogen) atoms. The van der Waals surface area contributed by atoms with E-state index in [1.54, 1.807) is 0 Å². The average molecular weight is 180 g/mol. The summed E-state index contributed by atoms with van der Waals surface area (Å²) in [6, 6.07) is 6.21. The smallest absolute Gasteiger partial charge is 0.0678 e. The molecule has 0 bridgehead atoms. The fourth-order valence-electron chi connectivity index (χ4n) is 1.44. The number of halogens is 1. The van der Waals surface area contributed by atoms with Crippen molar-refractivity contribution in [1.29, 1.82) is 0 Å². The van der Waals surface area contributed by atoms with Gasteiger partial charge in [-0.3, -0.25) is 0 Å². The zero-order chi connectivity index (χ0) is 8.72. The number of benzene rings is 1. The molecule has 1 heterocycles. The highest BCUT2D eigenvalue weighted by atomic mass is 35.5. The van der Waals surface area contributed by atoms with Crippen LogP contribution in [0.3, 0.4) is 0 Å². The Morgan fingerprint density at radius 1 is 1.25 bits per heavy atom. The summed E-state index contributed by atoms with van der Waals surface area (Å²) in [5.41, 5.74) is 2.25. The molecule has 0 aliphatic carbocycles. The minimum atomic E-state index is 0.861. The third-order valence-electron chi connectivity index (χ3n) is 2.17. The molecular weight excluding hydrogens is 170 g/mol. The van der Waals surface area contributed by atoms with Crippen LogP contribution in [0.5, 0.6) is 0 Å². The standard InChI is InChI=1S/C10H10ClN/c1-7-3-4-8-5-6-12(2)10(8)9(7)11/h3-6H,1-2H3. The van der Waals surface area contributed by atoms with Gasteiger partial charge in [0.25, 0.3) is 0 Å². The van der Waals surface area contributed by atoms with Crippen LogP contribution in [0.25, 0.3) is 10.9 Å². The van der Waals surface area contributed by atoms with Gasteiger partial charge < -0.3 is 4.57 Å². The summed E-state index contributed by atoms with van der Waals surface area (Å²) in [6.45, 7) is 2.02. The number of rotatable bonds is 0. The molecule has 62 valence electrons. The molecule has 1 aromatic carbocycles. The Morgan fingerprint density at radius 3 is 2.75 bits per heavy atom. The quantitative estimate of drug-likeness (QED) is 0.586. The van der Waals surface area contributed by atoms with Gasteiger partial charge in [-0.25, -0.2) is 0 Å². The second kappa shape index (κ2) is 2.53. The highest BCUT2D eigenvalue weighted by molar-refractivity contribution is 6.35. The van der Waals surface area contributed by atoms with Crippen LogP contribution in [-0.4, -0.2) is 4.57 Å². The third-order valence-corrected chi connectivity index (χ3v) is 2.65. The molecule has 0 aliphatic heterocycles. The Kier molecular flexibility index (Phi) is 1.62. The van der Waals surface area contributed by atoms with E-state index in [2.05, 4.69) is 12.1 Å². The number of aromatic nitrogens is 1. The number of fused-ring (bicyclic) bond motifs is 1. The van der Waals surface area contributed by atoms with E-state index in [9.17, 15) is 0 Å². The van der Waals surface area contributed by atoms with Crippen molar-refractivity contribution in [2.75, 3.05) is 0 Å². The summed E-state index contributed by atoms with van der Waals surface area (Å²) < 4.78 is 2.05. The average Bonchev–Trinajstić information content (AvgIpc) is 2.41. The second-order valence-corrected chi connectivity index (χ2v) is 3.44. The summed E-state index contributed by atoms with van der Waals surface area (Å²) in [7, 11) is 2.01. The predicted molar refractivity (Wildman–Crippen MR) is 52.7 cm³/mol. The molecule has 2 aromatic rings. The molecule has 0 N–H and O–H groups in total. The van der Waals surface area contributed by atoms with Gasteiger partial charge in [0.1, 0.15) is 0 Å². The molecule has 0 spiro atoms. The lowest BCUT2D eigenvalue weighted by Crippen LogP contribution is -1.86. The molecule has 2 rings (SSSR count). The summed E-state index contributed by atoms with van der Waals surface area (Å²) in [5, 5.41) is 2.06. The minimum Gasteiger partial charge on any atom is -0.349 e. The van der Waals surface area contributed by atoms with Crippen LogP contribution < -0.4 is 0 Å². The van der Waals surface area contributed by atoms with Gasteiger partial charge in [0.2, 0.25) is 0 Å². The summed E-state index contributed by atoms with van der Waals surface area (Å²) in [6.07, 6.45) is 2.02. The highest BCUT2D eigenvalue weighted by Crippen LogP contribution is 2.26. The Bertz CT molecular complexity index is 429. The van der Waals surface area contributed by atoms with Crippen molar-refractivity contribution < 1.29 is 0 Å². The first-order valence-electron chi connectivity index (χ1n) is 3.90. The fourth-order valence-corrected chi connectivity index (χ4v) is 1.75. The lowest BCUT2D eigenvalue weighted by molar-refractivity contribution is 0.968. The number of aryl methyl sites for hydroxylation is 2. The molecule has 0 saturated heterocycles. The molecule has 0 radical (unpaired) electrons. The van der Waals surface area contributed by atoms with Crippen molar-refractivity contribution in [2.45, 2.75) is 6.92 Å². The van der Waals surface area contributed by atoms with Crippen LogP contribution in [0.15, 0.2) is 24.4 Å². The second-order valence-electron chi connectivity index (χ2n) is 3.06. The molecule has 0 saturated carbocycles. The van der Waals surface area contributed by atoms with Crippen LogP contribution in [-0.2, 0) is 7.05 Å². The maximum absolute atomic E-state index is 6.15. The van der Waals surface area contributed by atoms with E-state index < -0.39 is 0 Å². The van der Waals surface area contributed by atoms with Crippen molar-refractivity contribution in [3.05, 3.63) is 35.0 Å². The van der Waals surface area contributed by atoms with Crippen molar-refractivity contribution in [3.8, 4) is 0 Å². The monoisotopic (exact) mass is 179 g/mol. The van der Waals surface area contributed by atoms with Gasteiger partial charge >= 0.3 is 0 Å². The molecule has 0 aliphatic rings. The Hall–Kier alpha value is -0.950. The fraction of sp³-hybridized carbons (Fsp3) is 0.200. The molecule has 1 nitrogen and oxygen atoms in total. The zero-order valence-electron chi connectivity index (χ0n) is 7.13. The third kappa shape index (κ3) is 0.935. The first-order chi connectivity index (χ1) is 5.70. The summed E-state index contributed by atoms with van der Waals surface area (Å²) >= 11 is 6.15. The first kappa shape index (κ1) is 7.69. The van der Waals surface area contributed by atoms with Crippen LogP contribution in [0, 0.1) is 6.92 Å². The topological polar surface area (TPSA) is 4.93 Å². The Morgan fingerprint density at radius 2 is 2.00 bits per heavy atom. The SMILES string of the molecule is Cc1ccc2ccn(C)c2c1Cl. The lowest BCUT2D eigenvalue weighted by atomic mass is 10.2. The van der Waals surface area contributed by atoms with E-state index in [0.717, 1.165) is 16.1 Å². The number of hydrogen-bond acceptors (Lipinski definition) is 0. The summed E-state index contributed by atoms with van der Waals surface area (Å²) in [5.74, 6) is 0. The first-order valence-corrected chi connectivity index (χ1v) is 4.28. The van der Waals surface area contributed by atoms with Crippen molar-refractivity contribution in [2.24, 2.45) is 7.05 Å². The van der Waals surface area contributed by atoms with E-state index in [4.69, 9.17) is 11.6 Å². The van der Waals surface area contributed by atoms with Gasteiger partial charge in [-0.05, 0) is 18.6 Å². The number of nitrogens with zero attached hydrogens (tertiary/aromatic N) is 1. The van der Waals surface area contributed by atoms with Crippen molar-refractivity contribution in [1.82, 2.24) is 4.57 Å². The normalized spacial score (nSPS) is 10.9. The van der Waals surface area contributed by atoms with Gasteiger partial charge in [-0.1, -0.05) is 23.7 Å². The van der Waals surface area contributed by atoms with E-state index in [1.165, 1.54) is 5.39 Å². The van der Waals surface area contributed by atoms with E-state index >= 15 is 0 Å². The van der Waals surface area contributed by atoms with E-state index in [0.29, 0.717) is 0 Å². The van der Waals surface area contributed by atoms with Crippen molar-refractivity contribution >= 4 is 22.5 Å². The van der Waals surface area contributed by atoms with Gasteiger partial charge in [0.15, 0.2) is 0 Å². The maximum Gasteiger partial charge on any atom is 0.0678 e. The highest BCUT2D eigenvalue weighted by Gasteiger charge is 2.04. The van der Waals surface area contributed by atoms with Gasteiger partial charge in [0, 0.05) is 18.6 Å². The molecular formula is C10H10ClN. The maximum atomic E-state index is 6.15. The Balaban J connectivity index is 2.96. The largest absolute Gasteiger partial charge is 0.349 e. The minimum absolute atomic E-state index is 0.861. The van der Waals surface area contributed by atoms with E-state index in [1.807, 2.05) is 30.8 Å². The molecule has 0 fully saturated rings. The predicted octanol–water partition coefficient (Wildman–Crippen LogP) is 3.14. The summed E-state index contributed by atoms with van der Waals surface area (Å²) in [4.78, 5) is 0. The van der Waals surface area contributed by atoms with Crippen LogP contribution in [0.2, 0.25) is 5.02 Å². The van der Waals surface area contributed by atoms with Gasteiger partial charge in [-0.15, -0.1) is 0 Å². The van der Waals surface area contributed by atoms with Gasteiger partial charge in [0.05, 0.1) is 10.5 Å². The zero-order valence-corrected chi connectivity index (χ0v) is 7.89. The molecule has 0 amide bonds. The van der Waals surface area contributed by atoms with E-state index in [-0.39, 0.29) is 0 Å². The molecule has 0 atom stereocenters. The van der Waals surface area contributed by atoms with Crippen LogP contribution in [0.4, 0.5) is 0 Å². The van der Waals surface area contributed by atoms with Crippen molar-refractivity contribution in [3.63, 3.8) is 0 Å². The lowest BCUT2D eigenvalue weighted by Gasteiger charge is -2.01. The molecule has 0 unspecified atom stereocenters. The van der Waals surface area contributed by atoms with Crippen LogP contribution >= 0.6 is 11.6 Å². The van der Waals surface area contributed by atoms with Gasteiger partial charge in [-0.2, -0.15) is 0 Å². The Labute approximate surface area is 76.6 Å². The number of hydrogen-bond donors (Lipinski definition) is 0. The molecule has 2 heteroatoms. The van der Waals surface area contributed by atoms with Crippen LogP contribution in [0.1, 0.15) is 5.56 Å².